The molecule has 0 saturated carbocycles. The molecular weight excluding hydrogens is 216 g/mol. The maximum Gasteiger partial charge on any atom is 0.220 e. The van der Waals surface area contributed by atoms with Gasteiger partial charge in [0.15, 0.2) is 0 Å². The minimum atomic E-state index is -0.147. The Morgan fingerprint density at radius 3 is 2.06 bits per heavy atom. The van der Waals surface area contributed by atoms with E-state index in [4.69, 9.17) is 16.6 Å². The number of aliphatic hydroxyl groups excluding tert-OH is 1. The smallest absolute Gasteiger partial charge is 0.220 e. The highest BCUT2D eigenvalue weighted by Gasteiger charge is 2.15. The first kappa shape index (κ1) is 18.7. The van der Waals surface area contributed by atoms with E-state index < -0.39 is 0 Å². The molecule has 0 bridgehead atoms. The highest BCUT2D eigenvalue weighted by molar-refractivity contribution is 5.76. The molecule has 5 N–H and O–H groups in total. The Bertz CT molecular complexity index is 175. The first-order chi connectivity index (χ1) is 8.15. The van der Waals surface area contributed by atoms with Crippen molar-refractivity contribution in [3.05, 3.63) is 0 Å². The fourth-order valence-corrected chi connectivity index (χ4v) is 1.94. The quantitative estimate of drug-likeness (QED) is 0.578. The van der Waals surface area contributed by atoms with E-state index in [-0.39, 0.29) is 11.8 Å². The van der Waals surface area contributed by atoms with Gasteiger partial charge in [-0.3, -0.25) is 4.79 Å². The van der Waals surface area contributed by atoms with Crippen LogP contribution in [-0.4, -0.2) is 24.7 Å². The Morgan fingerprint density at radius 1 is 1.12 bits per heavy atom. The molecule has 2 unspecified atom stereocenters. The molecule has 0 saturated heterocycles. The number of carbonyl (C=O) groups excluding carboxylic acids is 1. The van der Waals surface area contributed by atoms with E-state index in [1.807, 2.05) is 6.92 Å². The average molecular weight is 246 g/mol. The molecule has 0 aliphatic carbocycles. The molecular formula is C13H30N2O2. The lowest BCUT2D eigenvalue weighted by molar-refractivity contribution is -0.122. The van der Waals surface area contributed by atoms with Crippen LogP contribution in [0.2, 0.25) is 0 Å². The first-order valence-electron chi connectivity index (χ1n) is 6.59. The molecule has 0 aromatic rings. The second-order valence-corrected chi connectivity index (χ2v) is 4.29. The zero-order chi connectivity index (χ0) is 13.7. The molecule has 0 rings (SSSR count). The fraction of sp³-hybridized carbons (Fsp3) is 0.923. The normalized spacial score (nSPS) is 13.5. The number of primary amides is 1. The van der Waals surface area contributed by atoms with Gasteiger partial charge >= 0.3 is 0 Å². The zero-order valence-electron chi connectivity index (χ0n) is 11.6. The summed E-state index contributed by atoms with van der Waals surface area (Å²) in [6.45, 7) is 4.99. The van der Waals surface area contributed by atoms with Gasteiger partial charge in [-0.2, -0.15) is 0 Å². The molecule has 0 aromatic heterocycles. The number of hydrogen-bond donors (Lipinski definition) is 3. The molecule has 2 atom stereocenters. The second-order valence-electron chi connectivity index (χ2n) is 4.29. The van der Waals surface area contributed by atoms with Gasteiger partial charge in [0.25, 0.3) is 0 Å². The molecule has 0 aliphatic heterocycles. The monoisotopic (exact) mass is 246 g/mol. The van der Waals surface area contributed by atoms with Crippen molar-refractivity contribution in [1.82, 2.24) is 0 Å². The Labute approximate surface area is 106 Å². The first-order valence-corrected chi connectivity index (χ1v) is 6.59. The van der Waals surface area contributed by atoms with Gasteiger partial charge in [-0.1, -0.05) is 20.3 Å². The highest BCUT2D eigenvalue weighted by Crippen LogP contribution is 2.21. The number of hydrogen-bond acceptors (Lipinski definition) is 3. The van der Waals surface area contributed by atoms with Crippen LogP contribution in [0.3, 0.4) is 0 Å². The van der Waals surface area contributed by atoms with Crippen molar-refractivity contribution >= 4 is 5.91 Å². The molecule has 0 spiro atoms. The Kier molecular flexibility index (Phi) is 14.8. The van der Waals surface area contributed by atoms with Gasteiger partial charge < -0.3 is 16.6 Å². The third-order valence-corrected chi connectivity index (χ3v) is 3.21. The van der Waals surface area contributed by atoms with Crippen molar-refractivity contribution in [3.63, 3.8) is 0 Å². The van der Waals surface area contributed by atoms with Crippen molar-refractivity contribution in [2.75, 3.05) is 13.7 Å². The summed E-state index contributed by atoms with van der Waals surface area (Å²) in [6.07, 6.45) is 6.36. The van der Waals surface area contributed by atoms with Crippen LogP contribution in [0.15, 0.2) is 0 Å². The number of nitrogens with two attached hydrogens (primary N) is 2. The van der Waals surface area contributed by atoms with Crippen LogP contribution in [0.5, 0.6) is 0 Å². The number of rotatable bonds is 9. The van der Waals surface area contributed by atoms with Crippen LogP contribution < -0.4 is 11.5 Å². The Morgan fingerprint density at radius 2 is 1.71 bits per heavy atom. The lowest BCUT2D eigenvalue weighted by Crippen LogP contribution is -2.23. The van der Waals surface area contributed by atoms with E-state index >= 15 is 0 Å². The SMILES string of the molecule is CCC(CCCN)CCC(CC)C(N)=O.CO. The predicted molar refractivity (Wildman–Crippen MR) is 72.4 cm³/mol. The molecule has 104 valence electrons. The van der Waals surface area contributed by atoms with Gasteiger partial charge in [-0.05, 0) is 44.6 Å². The average Bonchev–Trinajstić information content (AvgIpc) is 2.35. The molecule has 1 amide bonds. The van der Waals surface area contributed by atoms with Crippen LogP contribution in [0.1, 0.15) is 52.4 Å². The molecule has 0 radical (unpaired) electrons. The van der Waals surface area contributed by atoms with Gasteiger partial charge in [0.1, 0.15) is 0 Å². The summed E-state index contributed by atoms with van der Waals surface area (Å²) in [5, 5.41) is 7.00. The van der Waals surface area contributed by atoms with Crippen molar-refractivity contribution in [3.8, 4) is 0 Å². The van der Waals surface area contributed by atoms with Crippen LogP contribution in [0.4, 0.5) is 0 Å². The Balaban J connectivity index is 0. The summed E-state index contributed by atoms with van der Waals surface area (Å²) in [5.41, 5.74) is 10.8. The van der Waals surface area contributed by atoms with Crippen LogP contribution in [0.25, 0.3) is 0 Å². The van der Waals surface area contributed by atoms with E-state index in [0.29, 0.717) is 5.92 Å². The third kappa shape index (κ3) is 10.3. The molecule has 4 heteroatoms. The minimum absolute atomic E-state index is 0.0666. The van der Waals surface area contributed by atoms with E-state index in [1.165, 1.54) is 12.8 Å². The zero-order valence-corrected chi connectivity index (χ0v) is 11.6. The molecule has 0 aliphatic rings. The van der Waals surface area contributed by atoms with E-state index in [1.54, 1.807) is 0 Å². The maximum atomic E-state index is 11.0. The lowest BCUT2D eigenvalue weighted by atomic mass is 9.89. The van der Waals surface area contributed by atoms with E-state index in [2.05, 4.69) is 6.92 Å². The van der Waals surface area contributed by atoms with Crippen molar-refractivity contribution in [2.24, 2.45) is 23.3 Å². The predicted octanol–water partition coefficient (Wildman–Crippen LogP) is 1.65. The molecule has 17 heavy (non-hydrogen) atoms. The summed E-state index contributed by atoms with van der Waals surface area (Å²) < 4.78 is 0. The minimum Gasteiger partial charge on any atom is -0.400 e. The van der Waals surface area contributed by atoms with Gasteiger partial charge in [-0.15, -0.1) is 0 Å². The number of amides is 1. The van der Waals surface area contributed by atoms with Crippen molar-refractivity contribution in [2.45, 2.75) is 52.4 Å². The van der Waals surface area contributed by atoms with Gasteiger partial charge in [-0.25, -0.2) is 0 Å². The standard InChI is InChI=1S/C12H26N2O.CH4O/c1-3-10(6-5-9-13)7-8-11(4-2)12(14)15;1-2/h10-11H,3-9,13H2,1-2H3,(H2,14,15);2H,1H3. The summed E-state index contributed by atoms with van der Waals surface area (Å²) in [7, 11) is 1.00. The van der Waals surface area contributed by atoms with Crippen LogP contribution >= 0.6 is 0 Å². The topological polar surface area (TPSA) is 89.3 Å². The summed E-state index contributed by atoms with van der Waals surface area (Å²) in [6, 6.07) is 0. The maximum absolute atomic E-state index is 11.0. The van der Waals surface area contributed by atoms with E-state index in [9.17, 15) is 4.79 Å². The fourth-order valence-electron chi connectivity index (χ4n) is 1.94. The highest BCUT2D eigenvalue weighted by atomic mass is 16.2. The largest absolute Gasteiger partial charge is 0.400 e. The molecule has 4 nitrogen and oxygen atoms in total. The molecule has 0 aromatic carbocycles. The molecule has 0 heterocycles. The third-order valence-electron chi connectivity index (χ3n) is 3.21. The number of carbonyl (C=O) groups is 1. The van der Waals surface area contributed by atoms with Crippen molar-refractivity contribution < 1.29 is 9.90 Å². The summed E-state index contributed by atoms with van der Waals surface area (Å²) in [4.78, 5) is 11.0. The van der Waals surface area contributed by atoms with Crippen molar-refractivity contribution in [1.29, 1.82) is 0 Å². The lowest BCUT2D eigenvalue weighted by Gasteiger charge is -2.17. The van der Waals surface area contributed by atoms with Gasteiger partial charge in [0.05, 0.1) is 0 Å². The van der Waals surface area contributed by atoms with Crippen LogP contribution in [-0.2, 0) is 4.79 Å². The summed E-state index contributed by atoms with van der Waals surface area (Å²) in [5.74, 6) is 0.630. The van der Waals surface area contributed by atoms with E-state index in [0.717, 1.165) is 39.3 Å². The summed E-state index contributed by atoms with van der Waals surface area (Å²) >= 11 is 0. The Hall–Kier alpha value is -0.610. The second kappa shape index (κ2) is 13.5. The number of aliphatic hydroxyl groups is 1. The van der Waals surface area contributed by atoms with Crippen LogP contribution in [0, 0.1) is 11.8 Å². The van der Waals surface area contributed by atoms with Gasteiger partial charge in [0.2, 0.25) is 5.91 Å². The van der Waals surface area contributed by atoms with Gasteiger partial charge in [0, 0.05) is 13.0 Å². The molecule has 0 fully saturated rings.